The van der Waals surface area contributed by atoms with Crippen LogP contribution in [0.5, 0.6) is 0 Å². The first-order valence-electron chi connectivity index (χ1n) is 6.90. The van der Waals surface area contributed by atoms with E-state index in [1.54, 1.807) is 24.3 Å². The van der Waals surface area contributed by atoms with Gasteiger partial charge in [0.2, 0.25) is 11.8 Å². The number of anilines is 2. The summed E-state index contributed by atoms with van der Waals surface area (Å²) in [6.45, 7) is 1.41. The maximum atomic E-state index is 12.0. The van der Waals surface area contributed by atoms with Crippen LogP contribution in [0.25, 0.3) is 0 Å². The number of thioether (sulfide) groups is 1. The zero-order chi connectivity index (χ0) is 17.7. The number of amides is 3. The molecule has 0 fully saturated rings. The fraction of sp³-hybridized carbons (Fsp3) is 0.214. The number of carbonyl (C=O) groups is 3. The normalized spacial score (nSPS) is 16.3. The van der Waals surface area contributed by atoms with Crippen LogP contribution >= 0.6 is 11.8 Å². The molecule has 9 nitrogen and oxygen atoms in total. The molecule has 1 heterocycles. The Morgan fingerprint density at radius 3 is 2.33 bits per heavy atom. The van der Waals surface area contributed by atoms with Crippen LogP contribution in [-0.2, 0) is 14.4 Å². The summed E-state index contributed by atoms with van der Waals surface area (Å²) in [4.78, 5) is 42.1. The van der Waals surface area contributed by atoms with Crippen LogP contribution in [0.3, 0.4) is 0 Å². The second-order valence-electron chi connectivity index (χ2n) is 4.89. The van der Waals surface area contributed by atoms with E-state index in [-0.39, 0.29) is 29.4 Å². The van der Waals surface area contributed by atoms with Crippen molar-refractivity contribution in [3.63, 3.8) is 0 Å². The lowest BCUT2D eigenvalue weighted by molar-refractivity contribution is -0.121. The molecule has 0 aliphatic carbocycles. The maximum absolute atomic E-state index is 12.0. The van der Waals surface area contributed by atoms with Crippen LogP contribution in [0, 0.1) is 0 Å². The molecule has 0 saturated carbocycles. The highest BCUT2D eigenvalue weighted by Gasteiger charge is 2.30. The molecule has 1 aromatic carbocycles. The Labute approximate surface area is 142 Å². The minimum atomic E-state index is -0.651. The van der Waals surface area contributed by atoms with E-state index in [1.807, 2.05) is 0 Å². The van der Waals surface area contributed by atoms with Crippen molar-refractivity contribution in [2.24, 2.45) is 21.5 Å². The first-order valence-corrected chi connectivity index (χ1v) is 7.78. The Morgan fingerprint density at radius 2 is 1.79 bits per heavy atom. The van der Waals surface area contributed by atoms with Crippen molar-refractivity contribution in [2.75, 3.05) is 10.6 Å². The predicted octanol–water partition coefficient (Wildman–Crippen LogP) is 0.245. The van der Waals surface area contributed by atoms with Gasteiger partial charge in [0.25, 0.3) is 5.91 Å². The third-order valence-electron chi connectivity index (χ3n) is 2.81. The molecule has 0 unspecified atom stereocenters. The highest BCUT2D eigenvalue weighted by molar-refractivity contribution is 8.15. The average molecular weight is 348 g/mol. The number of rotatable bonds is 4. The van der Waals surface area contributed by atoms with E-state index in [9.17, 15) is 14.4 Å². The Morgan fingerprint density at radius 1 is 1.21 bits per heavy atom. The average Bonchev–Trinajstić information content (AvgIpc) is 2.79. The number of hydrogen-bond donors (Lipinski definition) is 4. The zero-order valence-electron chi connectivity index (χ0n) is 12.8. The van der Waals surface area contributed by atoms with Crippen LogP contribution in [0.4, 0.5) is 11.4 Å². The van der Waals surface area contributed by atoms with E-state index in [2.05, 4.69) is 20.6 Å². The standard InChI is InChI=1S/C14H16N6O3S/c1-7(21)17-8-2-4-9(5-3-8)18-11(22)6-10-12(23)19-14(24-10)20-13(15)16/h2-5,10H,6H2,1H3,(H,17,21)(H,18,22)(H4,15,16,19,20,23)/t10-/m0/s1. The molecule has 3 amide bonds. The van der Waals surface area contributed by atoms with Crippen molar-refractivity contribution >= 4 is 52.0 Å². The molecule has 0 saturated heterocycles. The van der Waals surface area contributed by atoms with Crippen molar-refractivity contribution in [3.05, 3.63) is 24.3 Å². The van der Waals surface area contributed by atoms with E-state index >= 15 is 0 Å². The second kappa shape index (κ2) is 7.59. The fourth-order valence-corrected chi connectivity index (χ4v) is 2.83. The molecule has 126 valence electrons. The van der Waals surface area contributed by atoms with Gasteiger partial charge in [-0.2, -0.15) is 9.98 Å². The SMILES string of the molecule is CC(=O)Nc1ccc(NC(=O)C[C@@H]2SC(N=C(N)N)=NC2=O)cc1. The lowest BCUT2D eigenvalue weighted by atomic mass is 10.2. The van der Waals surface area contributed by atoms with Crippen LogP contribution in [0.2, 0.25) is 0 Å². The monoisotopic (exact) mass is 348 g/mol. The lowest BCUT2D eigenvalue weighted by Crippen LogP contribution is -2.23. The molecule has 0 radical (unpaired) electrons. The molecule has 2 rings (SSSR count). The number of nitrogens with one attached hydrogen (secondary N) is 2. The van der Waals surface area contributed by atoms with Gasteiger partial charge in [0.1, 0.15) is 5.25 Å². The fourth-order valence-electron chi connectivity index (χ4n) is 1.88. The summed E-state index contributed by atoms with van der Waals surface area (Å²) in [5.41, 5.74) is 11.6. The molecule has 24 heavy (non-hydrogen) atoms. The highest BCUT2D eigenvalue weighted by atomic mass is 32.2. The van der Waals surface area contributed by atoms with Gasteiger partial charge in [0.15, 0.2) is 11.1 Å². The number of nitrogens with two attached hydrogens (primary N) is 2. The van der Waals surface area contributed by atoms with Gasteiger partial charge in [-0.15, -0.1) is 0 Å². The first kappa shape index (κ1) is 17.5. The van der Waals surface area contributed by atoms with E-state index in [4.69, 9.17) is 11.5 Å². The minimum absolute atomic E-state index is 0.0516. The van der Waals surface area contributed by atoms with E-state index < -0.39 is 11.2 Å². The molecule has 0 spiro atoms. The topological polar surface area (TPSA) is 152 Å². The largest absolute Gasteiger partial charge is 0.370 e. The molecule has 6 N–H and O–H groups in total. The second-order valence-corrected chi connectivity index (χ2v) is 6.06. The molecule has 1 aliphatic rings. The Balaban J connectivity index is 1.89. The summed E-state index contributed by atoms with van der Waals surface area (Å²) in [7, 11) is 0. The molecule has 0 aromatic heterocycles. The smallest absolute Gasteiger partial charge is 0.262 e. The Bertz CT molecular complexity index is 725. The lowest BCUT2D eigenvalue weighted by Gasteiger charge is -2.09. The zero-order valence-corrected chi connectivity index (χ0v) is 13.6. The van der Waals surface area contributed by atoms with Gasteiger partial charge in [0, 0.05) is 24.7 Å². The number of guanidine groups is 1. The van der Waals surface area contributed by atoms with E-state index in [0.717, 1.165) is 11.8 Å². The number of amidine groups is 1. The summed E-state index contributed by atoms with van der Waals surface area (Å²) in [5.74, 6) is -1.16. The molecule has 1 aromatic rings. The highest BCUT2D eigenvalue weighted by Crippen LogP contribution is 2.26. The first-order chi connectivity index (χ1) is 11.3. The number of benzene rings is 1. The van der Waals surface area contributed by atoms with Gasteiger partial charge in [-0.05, 0) is 24.3 Å². The van der Waals surface area contributed by atoms with Gasteiger partial charge in [-0.1, -0.05) is 11.8 Å². The molecular formula is C14H16N6O3S. The van der Waals surface area contributed by atoms with Crippen molar-refractivity contribution in [2.45, 2.75) is 18.6 Å². The molecule has 10 heteroatoms. The van der Waals surface area contributed by atoms with Crippen LogP contribution in [-0.4, -0.2) is 34.1 Å². The quantitative estimate of drug-likeness (QED) is 0.452. The van der Waals surface area contributed by atoms with E-state index in [1.165, 1.54) is 6.92 Å². The van der Waals surface area contributed by atoms with Crippen molar-refractivity contribution in [1.29, 1.82) is 0 Å². The van der Waals surface area contributed by atoms with Crippen molar-refractivity contribution < 1.29 is 14.4 Å². The molecule has 1 aliphatic heterocycles. The predicted molar refractivity (Wildman–Crippen MR) is 93.6 cm³/mol. The van der Waals surface area contributed by atoms with Gasteiger partial charge in [0.05, 0.1) is 0 Å². The third-order valence-corrected chi connectivity index (χ3v) is 3.86. The molecular weight excluding hydrogens is 332 g/mol. The summed E-state index contributed by atoms with van der Waals surface area (Å²) < 4.78 is 0. The molecule has 1 atom stereocenters. The van der Waals surface area contributed by atoms with Gasteiger partial charge in [-0.3, -0.25) is 14.4 Å². The van der Waals surface area contributed by atoms with Crippen LogP contribution < -0.4 is 22.1 Å². The maximum Gasteiger partial charge on any atom is 0.262 e. The minimum Gasteiger partial charge on any atom is -0.370 e. The third kappa shape index (κ3) is 5.09. The van der Waals surface area contributed by atoms with Crippen LogP contribution in [0.1, 0.15) is 13.3 Å². The number of nitrogens with zero attached hydrogens (tertiary/aromatic N) is 2. The number of aliphatic imine (C=N–C) groups is 2. The van der Waals surface area contributed by atoms with Gasteiger partial charge in [-0.25, -0.2) is 0 Å². The number of carbonyl (C=O) groups excluding carboxylic acids is 3. The van der Waals surface area contributed by atoms with Gasteiger partial charge < -0.3 is 22.1 Å². The van der Waals surface area contributed by atoms with Crippen molar-refractivity contribution in [3.8, 4) is 0 Å². The Hall–Kier alpha value is -2.88. The van der Waals surface area contributed by atoms with Crippen LogP contribution in [0.15, 0.2) is 34.3 Å². The molecule has 0 bridgehead atoms. The van der Waals surface area contributed by atoms with Gasteiger partial charge >= 0.3 is 0 Å². The summed E-state index contributed by atoms with van der Waals surface area (Å²) in [5, 5.41) is 4.79. The number of hydrogen-bond acceptors (Lipinski definition) is 5. The summed E-state index contributed by atoms with van der Waals surface area (Å²) in [6, 6.07) is 6.61. The Kier molecular flexibility index (Phi) is 5.53. The summed E-state index contributed by atoms with van der Waals surface area (Å²) >= 11 is 1.04. The van der Waals surface area contributed by atoms with E-state index in [0.29, 0.717) is 11.4 Å². The van der Waals surface area contributed by atoms with Crippen molar-refractivity contribution in [1.82, 2.24) is 0 Å². The summed E-state index contributed by atoms with van der Waals surface area (Å²) in [6.07, 6.45) is -0.0516.